The highest BCUT2D eigenvalue weighted by atomic mass is 32.2. The van der Waals surface area contributed by atoms with Gasteiger partial charge >= 0.3 is 0 Å². The van der Waals surface area contributed by atoms with Crippen LogP contribution in [-0.4, -0.2) is 23.0 Å². The van der Waals surface area contributed by atoms with Crippen LogP contribution < -0.4 is 10.6 Å². The van der Waals surface area contributed by atoms with Gasteiger partial charge < -0.3 is 10.6 Å². The minimum Gasteiger partial charge on any atom is -0.323 e. The molecule has 2 N–H and O–H groups in total. The lowest BCUT2D eigenvalue weighted by molar-refractivity contribution is -0.387. The molecule has 158 valence electrons. The molecule has 0 saturated heterocycles. The topological polar surface area (TPSA) is 101 Å². The molecule has 0 aromatic heterocycles. The first-order valence-electron chi connectivity index (χ1n) is 9.14. The summed E-state index contributed by atoms with van der Waals surface area (Å²) in [5.74, 6) is -1.65. The summed E-state index contributed by atoms with van der Waals surface area (Å²) in [6, 6.07) is 16.9. The van der Waals surface area contributed by atoms with Gasteiger partial charge in [0.05, 0.1) is 21.9 Å². The summed E-state index contributed by atoms with van der Waals surface area (Å²) in [6.45, 7) is 0. The Bertz CT molecular complexity index is 1140. The molecular formula is C22H18FN3O4S. The standard InChI is InChI=1S/C22H18FN3O4S/c1-31-20-10-7-15(12-19(20)26(29)30)22(28)24-16-8-9-17(23)18(13-16)25-21(27)11-14-5-3-2-4-6-14/h2-10,12-13H,11H2,1H3,(H,24,28)(H,25,27). The predicted molar refractivity (Wildman–Crippen MR) is 118 cm³/mol. The Hall–Kier alpha value is -3.72. The van der Waals surface area contributed by atoms with Gasteiger partial charge in [-0.25, -0.2) is 4.39 Å². The summed E-state index contributed by atoms with van der Waals surface area (Å²) in [6.07, 6.45) is 1.77. The molecule has 0 radical (unpaired) electrons. The third kappa shape index (κ3) is 5.67. The second kappa shape index (κ2) is 9.86. The van der Waals surface area contributed by atoms with Crippen molar-refractivity contribution >= 4 is 40.6 Å². The fraction of sp³-hybridized carbons (Fsp3) is 0.0909. The fourth-order valence-electron chi connectivity index (χ4n) is 2.85. The highest BCUT2D eigenvalue weighted by Crippen LogP contribution is 2.29. The van der Waals surface area contributed by atoms with E-state index < -0.39 is 22.6 Å². The maximum atomic E-state index is 14.1. The highest BCUT2D eigenvalue weighted by molar-refractivity contribution is 7.98. The van der Waals surface area contributed by atoms with Crippen LogP contribution >= 0.6 is 11.8 Å². The number of thioether (sulfide) groups is 1. The summed E-state index contributed by atoms with van der Waals surface area (Å²) in [5.41, 5.74) is 0.845. The molecule has 0 heterocycles. The number of halogens is 1. The number of carbonyl (C=O) groups excluding carboxylic acids is 2. The molecule has 0 aliphatic rings. The zero-order chi connectivity index (χ0) is 22.4. The van der Waals surface area contributed by atoms with Crippen LogP contribution in [0, 0.1) is 15.9 Å². The van der Waals surface area contributed by atoms with E-state index in [-0.39, 0.29) is 29.0 Å². The minimum absolute atomic E-state index is 0.0717. The lowest BCUT2D eigenvalue weighted by Gasteiger charge is -2.10. The van der Waals surface area contributed by atoms with E-state index in [0.717, 1.165) is 11.6 Å². The highest BCUT2D eigenvalue weighted by Gasteiger charge is 2.18. The molecule has 7 nitrogen and oxygen atoms in total. The van der Waals surface area contributed by atoms with Gasteiger partial charge in [-0.3, -0.25) is 19.7 Å². The zero-order valence-corrected chi connectivity index (χ0v) is 17.2. The number of hydrogen-bond acceptors (Lipinski definition) is 5. The summed E-state index contributed by atoms with van der Waals surface area (Å²) < 4.78 is 14.1. The summed E-state index contributed by atoms with van der Waals surface area (Å²) >= 11 is 1.20. The van der Waals surface area contributed by atoms with E-state index in [1.807, 2.05) is 6.07 Å². The van der Waals surface area contributed by atoms with Gasteiger partial charge in [-0.15, -0.1) is 11.8 Å². The molecule has 9 heteroatoms. The van der Waals surface area contributed by atoms with E-state index in [1.54, 1.807) is 30.5 Å². The van der Waals surface area contributed by atoms with Crippen molar-refractivity contribution in [1.82, 2.24) is 0 Å². The Balaban J connectivity index is 1.74. The number of anilines is 2. The first-order valence-corrected chi connectivity index (χ1v) is 10.4. The first-order chi connectivity index (χ1) is 14.9. The Morgan fingerprint density at radius 2 is 1.77 bits per heavy atom. The molecule has 3 aromatic carbocycles. The van der Waals surface area contributed by atoms with Gasteiger partial charge in [-0.1, -0.05) is 30.3 Å². The Kier molecular flexibility index (Phi) is 6.99. The quantitative estimate of drug-likeness (QED) is 0.310. The molecule has 0 bridgehead atoms. The van der Waals surface area contributed by atoms with E-state index in [9.17, 15) is 24.1 Å². The second-order valence-corrected chi connectivity index (χ2v) is 7.35. The molecule has 0 unspecified atom stereocenters. The van der Waals surface area contributed by atoms with Gasteiger partial charge in [0.25, 0.3) is 11.6 Å². The van der Waals surface area contributed by atoms with Gasteiger partial charge in [0.2, 0.25) is 5.91 Å². The summed E-state index contributed by atoms with van der Waals surface area (Å²) in [5, 5.41) is 16.3. The molecule has 0 aliphatic carbocycles. The average Bonchev–Trinajstić information content (AvgIpc) is 2.76. The van der Waals surface area contributed by atoms with Gasteiger partial charge in [0.1, 0.15) is 5.82 Å². The number of hydrogen-bond donors (Lipinski definition) is 2. The Morgan fingerprint density at radius 3 is 2.45 bits per heavy atom. The van der Waals surface area contributed by atoms with Crippen LogP contribution in [0.1, 0.15) is 15.9 Å². The van der Waals surface area contributed by atoms with E-state index in [0.29, 0.717) is 4.90 Å². The van der Waals surface area contributed by atoms with Gasteiger partial charge in [-0.2, -0.15) is 0 Å². The molecule has 0 fully saturated rings. The monoisotopic (exact) mass is 439 g/mol. The van der Waals surface area contributed by atoms with Crippen molar-refractivity contribution in [2.24, 2.45) is 0 Å². The molecule has 2 amide bonds. The lowest BCUT2D eigenvalue weighted by Crippen LogP contribution is -2.16. The zero-order valence-electron chi connectivity index (χ0n) is 16.4. The molecule has 3 aromatic rings. The molecule has 0 aliphatic heterocycles. The van der Waals surface area contributed by atoms with Crippen molar-refractivity contribution in [2.45, 2.75) is 11.3 Å². The third-order valence-corrected chi connectivity index (χ3v) is 5.13. The Morgan fingerprint density at radius 1 is 1.03 bits per heavy atom. The molecule has 0 atom stereocenters. The van der Waals surface area contributed by atoms with Crippen molar-refractivity contribution in [1.29, 1.82) is 0 Å². The average molecular weight is 439 g/mol. The third-order valence-electron chi connectivity index (χ3n) is 4.34. The van der Waals surface area contributed by atoms with Crippen molar-refractivity contribution in [3.8, 4) is 0 Å². The molecule has 0 spiro atoms. The van der Waals surface area contributed by atoms with Gasteiger partial charge in [0, 0.05) is 17.3 Å². The van der Waals surface area contributed by atoms with E-state index in [1.165, 1.54) is 42.1 Å². The lowest BCUT2D eigenvalue weighted by atomic mass is 10.1. The normalized spacial score (nSPS) is 10.4. The van der Waals surface area contributed by atoms with Crippen molar-refractivity contribution < 1.29 is 18.9 Å². The van der Waals surface area contributed by atoms with Crippen molar-refractivity contribution in [2.75, 3.05) is 16.9 Å². The smallest absolute Gasteiger partial charge is 0.283 e. The molecular weight excluding hydrogens is 421 g/mol. The van der Waals surface area contributed by atoms with Gasteiger partial charge in [-0.05, 0) is 42.2 Å². The number of nitrogens with one attached hydrogen (secondary N) is 2. The van der Waals surface area contributed by atoms with Gasteiger partial charge in [0.15, 0.2) is 0 Å². The van der Waals surface area contributed by atoms with Crippen LogP contribution in [0.2, 0.25) is 0 Å². The van der Waals surface area contributed by atoms with E-state index in [2.05, 4.69) is 10.6 Å². The first kappa shape index (κ1) is 22.0. The Labute approximate surface area is 181 Å². The van der Waals surface area contributed by atoms with Crippen LogP contribution in [0.3, 0.4) is 0 Å². The number of amides is 2. The largest absolute Gasteiger partial charge is 0.323 e. The number of nitrogens with zero attached hydrogens (tertiary/aromatic N) is 1. The van der Waals surface area contributed by atoms with Crippen molar-refractivity contribution in [3.05, 3.63) is 93.8 Å². The van der Waals surface area contributed by atoms with Crippen LogP contribution in [0.25, 0.3) is 0 Å². The minimum atomic E-state index is -0.653. The summed E-state index contributed by atoms with van der Waals surface area (Å²) in [7, 11) is 0. The molecule has 31 heavy (non-hydrogen) atoms. The number of rotatable bonds is 7. The van der Waals surface area contributed by atoms with E-state index >= 15 is 0 Å². The molecule has 0 saturated carbocycles. The van der Waals surface area contributed by atoms with Crippen molar-refractivity contribution in [3.63, 3.8) is 0 Å². The fourth-order valence-corrected chi connectivity index (χ4v) is 3.40. The number of nitro groups is 1. The second-order valence-electron chi connectivity index (χ2n) is 6.50. The summed E-state index contributed by atoms with van der Waals surface area (Å²) in [4.78, 5) is 35.8. The maximum absolute atomic E-state index is 14.1. The van der Waals surface area contributed by atoms with Crippen LogP contribution in [0.5, 0.6) is 0 Å². The SMILES string of the molecule is CSc1ccc(C(=O)Nc2ccc(F)c(NC(=O)Cc3ccccc3)c2)cc1[N+](=O)[O-]. The predicted octanol–water partition coefficient (Wildman–Crippen LogP) is 4.89. The number of benzene rings is 3. The van der Waals surface area contributed by atoms with Crippen LogP contribution in [-0.2, 0) is 11.2 Å². The maximum Gasteiger partial charge on any atom is 0.283 e. The van der Waals surface area contributed by atoms with Crippen LogP contribution in [0.4, 0.5) is 21.5 Å². The molecule has 3 rings (SSSR count). The van der Waals surface area contributed by atoms with E-state index in [4.69, 9.17) is 0 Å². The van der Waals surface area contributed by atoms with Crippen LogP contribution in [0.15, 0.2) is 71.6 Å². The number of nitro benzene ring substituents is 1. The number of carbonyl (C=O) groups is 2.